The molecule has 0 bridgehead atoms. The topological polar surface area (TPSA) is 143 Å². The van der Waals surface area contributed by atoms with Crippen molar-refractivity contribution in [2.75, 3.05) is 19.0 Å². The summed E-state index contributed by atoms with van der Waals surface area (Å²) >= 11 is 0. The van der Waals surface area contributed by atoms with Gasteiger partial charge in [0.05, 0.1) is 29.2 Å². The Kier molecular flexibility index (Phi) is 6.49. The van der Waals surface area contributed by atoms with Crippen LogP contribution in [0.2, 0.25) is 0 Å². The molecule has 176 valence electrons. The molecule has 11 heteroatoms. The van der Waals surface area contributed by atoms with Gasteiger partial charge in [-0.2, -0.15) is 9.78 Å². The predicted octanol–water partition coefficient (Wildman–Crippen LogP) is 3.10. The van der Waals surface area contributed by atoms with Crippen LogP contribution in [0.1, 0.15) is 10.5 Å². The van der Waals surface area contributed by atoms with E-state index in [-0.39, 0.29) is 33.6 Å². The SMILES string of the molecule is COc1ccc(NC(=O)COC(=O)c2nn(-c3ccccc3)c(=O)c3ccccc23)c([N+](=O)[O-])c1. The Labute approximate surface area is 197 Å². The summed E-state index contributed by atoms with van der Waals surface area (Å²) in [4.78, 5) is 48.8. The molecule has 0 spiro atoms. The number of para-hydroxylation sites is 1. The van der Waals surface area contributed by atoms with Gasteiger partial charge in [-0.15, -0.1) is 0 Å². The smallest absolute Gasteiger partial charge is 0.359 e. The van der Waals surface area contributed by atoms with Crippen molar-refractivity contribution in [1.29, 1.82) is 0 Å². The third-order valence-electron chi connectivity index (χ3n) is 5.01. The van der Waals surface area contributed by atoms with Gasteiger partial charge in [-0.1, -0.05) is 36.4 Å². The minimum absolute atomic E-state index is 0.0851. The number of nitrogens with zero attached hydrogens (tertiary/aromatic N) is 3. The number of methoxy groups -OCH3 is 1. The molecule has 1 aromatic heterocycles. The van der Waals surface area contributed by atoms with E-state index in [2.05, 4.69) is 10.4 Å². The molecular formula is C24H18N4O7. The van der Waals surface area contributed by atoms with Crippen molar-refractivity contribution in [3.05, 3.63) is 99.0 Å². The number of amides is 1. The number of hydrogen-bond acceptors (Lipinski definition) is 8. The largest absolute Gasteiger partial charge is 0.496 e. The lowest BCUT2D eigenvalue weighted by Crippen LogP contribution is -2.26. The van der Waals surface area contributed by atoms with E-state index in [9.17, 15) is 24.5 Å². The molecular weight excluding hydrogens is 456 g/mol. The van der Waals surface area contributed by atoms with Crippen LogP contribution in [0.3, 0.4) is 0 Å². The molecule has 1 N–H and O–H groups in total. The van der Waals surface area contributed by atoms with Crippen molar-refractivity contribution >= 4 is 34.0 Å². The summed E-state index contributed by atoms with van der Waals surface area (Å²) in [7, 11) is 1.36. The molecule has 0 aliphatic heterocycles. The van der Waals surface area contributed by atoms with Crippen LogP contribution in [-0.2, 0) is 9.53 Å². The van der Waals surface area contributed by atoms with Gasteiger partial charge < -0.3 is 14.8 Å². The molecule has 0 aliphatic carbocycles. The summed E-state index contributed by atoms with van der Waals surface area (Å²) in [5, 5.41) is 18.3. The monoisotopic (exact) mass is 474 g/mol. The summed E-state index contributed by atoms with van der Waals surface area (Å²) in [6, 6.07) is 18.9. The van der Waals surface area contributed by atoms with E-state index in [4.69, 9.17) is 9.47 Å². The first kappa shape index (κ1) is 23.1. The van der Waals surface area contributed by atoms with Gasteiger partial charge in [-0.3, -0.25) is 19.7 Å². The highest BCUT2D eigenvalue weighted by molar-refractivity contribution is 6.03. The van der Waals surface area contributed by atoms with Gasteiger partial charge in [0, 0.05) is 5.39 Å². The maximum atomic E-state index is 12.9. The second-order valence-corrected chi connectivity index (χ2v) is 7.21. The van der Waals surface area contributed by atoms with Gasteiger partial charge in [-0.05, 0) is 30.3 Å². The molecule has 0 unspecified atom stereocenters. The predicted molar refractivity (Wildman–Crippen MR) is 126 cm³/mol. The number of benzene rings is 3. The molecule has 4 aromatic rings. The summed E-state index contributed by atoms with van der Waals surface area (Å²) in [5.41, 5.74) is -0.605. The molecule has 35 heavy (non-hydrogen) atoms. The third kappa shape index (κ3) is 4.83. The highest BCUT2D eigenvalue weighted by Gasteiger charge is 2.21. The Balaban J connectivity index is 1.58. The molecule has 11 nitrogen and oxygen atoms in total. The van der Waals surface area contributed by atoms with Gasteiger partial charge in [0.15, 0.2) is 12.3 Å². The van der Waals surface area contributed by atoms with E-state index >= 15 is 0 Å². The molecule has 3 aromatic carbocycles. The van der Waals surface area contributed by atoms with Gasteiger partial charge >= 0.3 is 5.97 Å². The van der Waals surface area contributed by atoms with Crippen molar-refractivity contribution < 1.29 is 24.0 Å². The Morgan fingerprint density at radius 1 is 1.03 bits per heavy atom. The van der Waals surface area contributed by atoms with E-state index in [1.165, 1.54) is 19.2 Å². The van der Waals surface area contributed by atoms with Gasteiger partial charge in [-0.25, -0.2) is 4.79 Å². The van der Waals surface area contributed by atoms with Crippen LogP contribution in [-0.4, -0.2) is 40.3 Å². The zero-order valence-electron chi connectivity index (χ0n) is 18.3. The van der Waals surface area contributed by atoms with Crippen molar-refractivity contribution in [1.82, 2.24) is 9.78 Å². The molecule has 0 saturated carbocycles. The molecule has 1 heterocycles. The molecule has 1 amide bonds. The van der Waals surface area contributed by atoms with Crippen LogP contribution in [0.25, 0.3) is 16.5 Å². The molecule has 0 atom stereocenters. The van der Waals surface area contributed by atoms with Crippen molar-refractivity contribution in [2.24, 2.45) is 0 Å². The average molecular weight is 474 g/mol. The number of hydrogen-bond donors (Lipinski definition) is 1. The Hall–Kier alpha value is -5.06. The van der Waals surface area contributed by atoms with Crippen molar-refractivity contribution in [3.8, 4) is 11.4 Å². The number of anilines is 1. The number of ether oxygens (including phenoxy) is 2. The normalized spacial score (nSPS) is 10.5. The van der Waals surface area contributed by atoms with E-state index in [1.807, 2.05) is 0 Å². The number of esters is 1. The standard InChI is InChI=1S/C24H18N4O7/c1-34-16-11-12-19(20(13-16)28(32)33)25-21(29)14-35-24(31)22-17-9-5-6-10-18(17)23(30)27(26-22)15-7-3-2-4-8-15/h2-13H,14H2,1H3,(H,25,29). The van der Waals surface area contributed by atoms with Gasteiger partial charge in [0.25, 0.3) is 17.2 Å². The number of nitrogens with one attached hydrogen (secondary N) is 1. The number of rotatable bonds is 7. The van der Waals surface area contributed by atoms with Crippen molar-refractivity contribution in [2.45, 2.75) is 0 Å². The first-order valence-corrected chi connectivity index (χ1v) is 10.3. The van der Waals surface area contributed by atoms with Crippen LogP contribution in [0.15, 0.2) is 77.6 Å². The second-order valence-electron chi connectivity index (χ2n) is 7.21. The third-order valence-corrected chi connectivity index (χ3v) is 5.01. The number of fused-ring (bicyclic) bond motifs is 1. The number of carbonyl (C=O) groups is 2. The summed E-state index contributed by atoms with van der Waals surface area (Å²) in [6.45, 7) is -0.734. The molecule has 0 aliphatic rings. The van der Waals surface area contributed by atoms with E-state index in [0.717, 1.165) is 10.7 Å². The molecule has 4 rings (SSSR count). The first-order chi connectivity index (χ1) is 16.9. The lowest BCUT2D eigenvalue weighted by atomic mass is 10.1. The van der Waals surface area contributed by atoms with E-state index in [1.54, 1.807) is 54.6 Å². The summed E-state index contributed by atoms with van der Waals surface area (Å²) < 4.78 is 11.2. The average Bonchev–Trinajstić information content (AvgIpc) is 2.88. The fourth-order valence-corrected chi connectivity index (χ4v) is 3.37. The maximum absolute atomic E-state index is 12.9. The lowest BCUT2D eigenvalue weighted by Gasteiger charge is -2.11. The van der Waals surface area contributed by atoms with E-state index < -0.39 is 29.0 Å². The van der Waals surface area contributed by atoms with Crippen LogP contribution < -0.4 is 15.6 Å². The number of nitro groups is 1. The molecule has 0 radical (unpaired) electrons. The van der Waals surface area contributed by atoms with E-state index in [0.29, 0.717) is 5.69 Å². The maximum Gasteiger partial charge on any atom is 0.359 e. The van der Waals surface area contributed by atoms with Crippen LogP contribution in [0.5, 0.6) is 5.75 Å². The van der Waals surface area contributed by atoms with Crippen LogP contribution in [0, 0.1) is 10.1 Å². The van der Waals surface area contributed by atoms with Crippen LogP contribution in [0.4, 0.5) is 11.4 Å². The van der Waals surface area contributed by atoms with Gasteiger partial charge in [0.2, 0.25) is 0 Å². The van der Waals surface area contributed by atoms with Gasteiger partial charge in [0.1, 0.15) is 11.4 Å². The summed E-state index contributed by atoms with van der Waals surface area (Å²) in [5.74, 6) is -1.50. The first-order valence-electron chi connectivity index (χ1n) is 10.3. The molecule has 0 fully saturated rings. The fraction of sp³-hybridized carbons (Fsp3) is 0.0833. The number of aromatic nitrogens is 2. The highest BCUT2D eigenvalue weighted by Crippen LogP contribution is 2.28. The second kappa shape index (κ2) is 9.83. The minimum atomic E-state index is -0.940. The lowest BCUT2D eigenvalue weighted by molar-refractivity contribution is -0.384. The minimum Gasteiger partial charge on any atom is -0.496 e. The number of nitro benzene ring substituents is 1. The quantitative estimate of drug-likeness (QED) is 0.245. The zero-order chi connectivity index (χ0) is 24.9. The van der Waals surface area contributed by atoms with Crippen molar-refractivity contribution in [3.63, 3.8) is 0 Å². The highest BCUT2D eigenvalue weighted by atomic mass is 16.6. The summed E-state index contributed by atoms with van der Waals surface area (Å²) in [6.07, 6.45) is 0. The molecule has 0 saturated heterocycles. The number of carbonyl (C=O) groups excluding carboxylic acids is 2. The Morgan fingerprint density at radius 2 is 1.71 bits per heavy atom. The van der Waals surface area contributed by atoms with Crippen LogP contribution >= 0.6 is 0 Å². The Morgan fingerprint density at radius 3 is 2.40 bits per heavy atom. The Bertz CT molecular complexity index is 1500. The zero-order valence-corrected chi connectivity index (χ0v) is 18.3. The fourth-order valence-electron chi connectivity index (χ4n) is 3.37.